The molecule has 34 heavy (non-hydrogen) atoms. The fourth-order valence-electron chi connectivity index (χ4n) is 5.15. The number of furan rings is 1. The van der Waals surface area contributed by atoms with Gasteiger partial charge in [0.05, 0.1) is 17.6 Å². The van der Waals surface area contributed by atoms with E-state index in [1.165, 1.54) is 12.5 Å². The summed E-state index contributed by atoms with van der Waals surface area (Å²) in [5, 5.41) is 3.53. The number of nitrogens with zero attached hydrogens (tertiary/aromatic N) is 1. The molecular formula is C29H30N2O3. The van der Waals surface area contributed by atoms with Crippen molar-refractivity contribution in [3.63, 3.8) is 0 Å². The van der Waals surface area contributed by atoms with E-state index in [1.807, 2.05) is 30.3 Å². The van der Waals surface area contributed by atoms with Gasteiger partial charge in [-0.2, -0.15) is 0 Å². The number of Topliss-reactive ketones (excluding diaryl/α,β-unsaturated/α-hetero) is 1. The molecule has 0 saturated carbocycles. The summed E-state index contributed by atoms with van der Waals surface area (Å²) in [6.07, 6.45) is 2.67. The summed E-state index contributed by atoms with van der Waals surface area (Å²) in [6.45, 7) is 8.13. The van der Waals surface area contributed by atoms with Crippen LogP contribution in [0, 0.1) is 0 Å². The Labute approximate surface area is 200 Å². The van der Waals surface area contributed by atoms with Crippen LogP contribution in [0.15, 0.2) is 82.6 Å². The topological polar surface area (TPSA) is 62.6 Å². The van der Waals surface area contributed by atoms with Crippen molar-refractivity contribution in [3.8, 4) is 0 Å². The number of para-hydroxylation sites is 2. The second-order valence-electron chi connectivity index (χ2n) is 10.2. The van der Waals surface area contributed by atoms with Crippen molar-refractivity contribution in [3.05, 3.63) is 95.1 Å². The van der Waals surface area contributed by atoms with E-state index in [9.17, 15) is 9.59 Å². The van der Waals surface area contributed by atoms with Gasteiger partial charge < -0.3 is 9.73 Å². The van der Waals surface area contributed by atoms with Crippen LogP contribution in [-0.4, -0.2) is 11.7 Å². The molecule has 2 aromatic carbocycles. The maximum absolute atomic E-state index is 13.7. The third-order valence-corrected chi connectivity index (χ3v) is 6.89. The van der Waals surface area contributed by atoms with Crippen molar-refractivity contribution < 1.29 is 14.0 Å². The molecule has 2 aliphatic rings. The van der Waals surface area contributed by atoms with Gasteiger partial charge in [-0.15, -0.1) is 0 Å². The summed E-state index contributed by atoms with van der Waals surface area (Å²) >= 11 is 0. The van der Waals surface area contributed by atoms with Crippen molar-refractivity contribution >= 4 is 23.1 Å². The standard InChI is InChI=1S/C29H30N2O3/c1-18(32)31-24-9-6-5-8-22(24)30-23-16-20(19-11-13-21(14-12-19)29(2,3)4)17-25(33)27(23)28(31)26-10-7-15-34-26/h5-15,20,28,30H,16-17H2,1-4H3/t20-,28-/m1/s1. The second-order valence-corrected chi connectivity index (χ2v) is 10.2. The summed E-state index contributed by atoms with van der Waals surface area (Å²) < 4.78 is 5.77. The molecule has 174 valence electrons. The number of nitrogens with one attached hydrogen (secondary N) is 1. The van der Waals surface area contributed by atoms with E-state index in [0.717, 1.165) is 22.6 Å². The second kappa shape index (κ2) is 8.32. The number of amides is 1. The average molecular weight is 455 g/mol. The lowest BCUT2D eigenvalue weighted by Crippen LogP contribution is -2.37. The van der Waals surface area contributed by atoms with Crippen LogP contribution in [0.2, 0.25) is 0 Å². The monoisotopic (exact) mass is 454 g/mol. The highest BCUT2D eigenvalue weighted by Gasteiger charge is 2.42. The van der Waals surface area contributed by atoms with Gasteiger partial charge in [0.25, 0.3) is 0 Å². The van der Waals surface area contributed by atoms with Gasteiger partial charge in [-0.3, -0.25) is 14.5 Å². The maximum atomic E-state index is 13.7. The zero-order chi connectivity index (χ0) is 24.0. The van der Waals surface area contributed by atoms with Crippen molar-refractivity contribution in [1.82, 2.24) is 0 Å². The fraction of sp³-hybridized carbons (Fsp3) is 0.310. The number of hydrogen-bond donors (Lipinski definition) is 1. The largest absolute Gasteiger partial charge is 0.467 e. The number of allylic oxidation sites excluding steroid dienone is 1. The highest BCUT2D eigenvalue weighted by Crippen LogP contribution is 2.47. The molecule has 5 heteroatoms. The molecule has 0 saturated heterocycles. The molecule has 0 fully saturated rings. The first-order valence-corrected chi connectivity index (χ1v) is 11.8. The third-order valence-electron chi connectivity index (χ3n) is 6.89. The Bertz CT molecular complexity index is 1260. The Morgan fingerprint density at radius 3 is 2.38 bits per heavy atom. The highest BCUT2D eigenvalue weighted by molar-refractivity contribution is 6.05. The first kappa shape index (κ1) is 22.2. The number of ketones is 1. The molecule has 2 atom stereocenters. The van der Waals surface area contributed by atoms with E-state index in [4.69, 9.17) is 4.42 Å². The van der Waals surface area contributed by atoms with E-state index >= 15 is 0 Å². The Hall–Kier alpha value is -3.60. The molecule has 1 amide bonds. The molecule has 0 unspecified atom stereocenters. The van der Waals surface area contributed by atoms with Crippen LogP contribution >= 0.6 is 0 Å². The van der Waals surface area contributed by atoms with Gasteiger partial charge in [-0.25, -0.2) is 0 Å². The summed E-state index contributed by atoms with van der Waals surface area (Å²) in [6, 6.07) is 19.4. The maximum Gasteiger partial charge on any atom is 0.224 e. The van der Waals surface area contributed by atoms with Crippen LogP contribution in [0.1, 0.15) is 69.4 Å². The minimum atomic E-state index is -0.602. The van der Waals surface area contributed by atoms with Crippen LogP contribution in [0.5, 0.6) is 0 Å². The quantitative estimate of drug-likeness (QED) is 0.480. The Morgan fingerprint density at radius 2 is 1.74 bits per heavy atom. The van der Waals surface area contributed by atoms with Crippen LogP contribution in [0.25, 0.3) is 0 Å². The average Bonchev–Trinajstić information content (AvgIpc) is 3.27. The lowest BCUT2D eigenvalue weighted by molar-refractivity contribution is -0.117. The van der Waals surface area contributed by atoms with E-state index in [-0.39, 0.29) is 23.0 Å². The Kier molecular flexibility index (Phi) is 5.43. The Balaban J connectivity index is 1.61. The normalized spacial score (nSPS) is 20.4. The predicted molar refractivity (Wildman–Crippen MR) is 134 cm³/mol. The molecule has 3 aromatic rings. The molecule has 2 heterocycles. The number of anilines is 2. The zero-order valence-electron chi connectivity index (χ0n) is 20.1. The van der Waals surface area contributed by atoms with Crippen molar-refractivity contribution in [2.24, 2.45) is 0 Å². The van der Waals surface area contributed by atoms with E-state index < -0.39 is 6.04 Å². The van der Waals surface area contributed by atoms with Gasteiger partial charge in [0, 0.05) is 24.6 Å². The molecule has 1 aliphatic heterocycles. The van der Waals surface area contributed by atoms with E-state index in [1.54, 1.807) is 17.2 Å². The Morgan fingerprint density at radius 1 is 1.00 bits per heavy atom. The molecule has 1 aromatic heterocycles. The minimum absolute atomic E-state index is 0.0408. The van der Waals surface area contributed by atoms with Crippen molar-refractivity contribution in [2.45, 2.75) is 57.9 Å². The molecule has 5 nitrogen and oxygen atoms in total. The van der Waals surface area contributed by atoms with Gasteiger partial charge in [0.1, 0.15) is 11.8 Å². The summed E-state index contributed by atoms with van der Waals surface area (Å²) in [4.78, 5) is 28.3. The van der Waals surface area contributed by atoms with Gasteiger partial charge in [0.2, 0.25) is 5.91 Å². The summed E-state index contributed by atoms with van der Waals surface area (Å²) in [7, 11) is 0. The van der Waals surface area contributed by atoms with E-state index in [0.29, 0.717) is 24.2 Å². The van der Waals surface area contributed by atoms with Gasteiger partial charge in [-0.1, -0.05) is 57.2 Å². The smallest absolute Gasteiger partial charge is 0.224 e. The SMILES string of the molecule is CC(=O)N1c2ccccc2NC2=C(C(=O)C[C@H](c3ccc(C(C)(C)C)cc3)C2)[C@H]1c1ccco1. The number of fused-ring (bicyclic) bond motifs is 1. The fourth-order valence-corrected chi connectivity index (χ4v) is 5.15. The third kappa shape index (κ3) is 3.85. The number of carbonyl (C=O) groups excluding carboxylic acids is 2. The lowest BCUT2D eigenvalue weighted by atomic mass is 9.78. The van der Waals surface area contributed by atoms with Crippen LogP contribution in [-0.2, 0) is 15.0 Å². The van der Waals surface area contributed by atoms with Crippen LogP contribution < -0.4 is 10.2 Å². The zero-order valence-corrected chi connectivity index (χ0v) is 20.1. The highest BCUT2D eigenvalue weighted by atomic mass is 16.3. The van der Waals surface area contributed by atoms with E-state index in [2.05, 4.69) is 50.4 Å². The molecule has 0 bridgehead atoms. The van der Waals surface area contributed by atoms with Crippen molar-refractivity contribution in [2.75, 3.05) is 10.2 Å². The number of hydrogen-bond acceptors (Lipinski definition) is 4. The summed E-state index contributed by atoms with van der Waals surface area (Å²) in [5.41, 5.74) is 5.54. The predicted octanol–water partition coefficient (Wildman–Crippen LogP) is 6.50. The molecule has 0 radical (unpaired) electrons. The first-order valence-electron chi connectivity index (χ1n) is 11.8. The van der Waals surface area contributed by atoms with Crippen LogP contribution in [0.3, 0.4) is 0 Å². The molecule has 1 aliphatic carbocycles. The summed E-state index contributed by atoms with van der Waals surface area (Å²) in [5.74, 6) is 0.555. The number of carbonyl (C=O) groups is 2. The molecule has 5 rings (SSSR count). The number of rotatable bonds is 2. The number of benzene rings is 2. The van der Waals surface area contributed by atoms with Gasteiger partial charge in [0.15, 0.2) is 5.78 Å². The molecule has 0 spiro atoms. The van der Waals surface area contributed by atoms with Crippen molar-refractivity contribution in [1.29, 1.82) is 0 Å². The van der Waals surface area contributed by atoms with Gasteiger partial charge >= 0.3 is 0 Å². The van der Waals surface area contributed by atoms with Gasteiger partial charge in [-0.05, 0) is 53.1 Å². The minimum Gasteiger partial charge on any atom is -0.467 e. The first-order chi connectivity index (χ1) is 16.2. The van der Waals surface area contributed by atoms with Crippen LogP contribution in [0.4, 0.5) is 11.4 Å². The lowest BCUT2D eigenvalue weighted by Gasteiger charge is -2.33. The molecule has 1 N–H and O–H groups in total. The molecular weight excluding hydrogens is 424 g/mol.